The van der Waals surface area contributed by atoms with Crippen LogP contribution >= 0.6 is 11.3 Å². The molecular weight excluding hydrogens is 369 g/mol. The lowest BCUT2D eigenvalue weighted by molar-refractivity contribution is 0.0471. The minimum absolute atomic E-state index is 0.228. The summed E-state index contributed by atoms with van der Waals surface area (Å²) >= 11 is 1.19. The maximum absolute atomic E-state index is 13.5. The van der Waals surface area contributed by atoms with Gasteiger partial charge in [0.15, 0.2) is 6.61 Å². The van der Waals surface area contributed by atoms with Crippen LogP contribution in [0.5, 0.6) is 0 Å². The minimum atomic E-state index is -3.25. The summed E-state index contributed by atoms with van der Waals surface area (Å²) in [6.45, 7) is -0.260. The number of carbonyl (C=O) groups is 2. The number of sulfonamides is 1. The number of halogens is 1. The molecule has 0 aliphatic rings. The number of Topliss-reactive ketones (excluding diaryl/α,β-unsaturated/α-hetero) is 1. The van der Waals surface area contributed by atoms with Crippen LogP contribution in [0.4, 0.5) is 4.39 Å². The average molecular weight is 385 g/mol. The van der Waals surface area contributed by atoms with Gasteiger partial charge in [-0.2, -0.15) is 0 Å². The third-order valence-corrected chi connectivity index (χ3v) is 5.01. The van der Waals surface area contributed by atoms with Crippen LogP contribution < -0.4 is 4.72 Å². The Labute approximate surface area is 148 Å². The van der Waals surface area contributed by atoms with E-state index in [0.29, 0.717) is 11.3 Å². The quantitative estimate of drug-likeness (QED) is 0.555. The summed E-state index contributed by atoms with van der Waals surface area (Å²) in [5, 5.41) is 0. The summed E-state index contributed by atoms with van der Waals surface area (Å²) in [6, 6.07) is 8.65. The standard InChI is InChI=1S/C16H16FNO5S2/c1-25(21,22)18-9-8-11-6-7-15(24-11)14(19)10-23-16(20)12-4-2-3-5-13(12)17/h2-7,18H,8-10H2,1H3. The Morgan fingerprint density at radius 2 is 1.92 bits per heavy atom. The van der Waals surface area contributed by atoms with Crippen LogP contribution in [0.25, 0.3) is 0 Å². The van der Waals surface area contributed by atoms with E-state index in [2.05, 4.69) is 4.72 Å². The second-order valence-corrected chi connectivity index (χ2v) is 8.16. The number of carbonyl (C=O) groups excluding carboxylic acids is 2. The molecule has 0 amide bonds. The Bertz CT molecular complexity index is 876. The van der Waals surface area contributed by atoms with E-state index in [9.17, 15) is 22.4 Å². The van der Waals surface area contributed by atoms with Crippen molar-refractivity contribution in [3.8, 4) is 0 Å². The molecule has 1 N–H and O–H groups in total. The van der Waals surface area contributed by atoms with Gasteiger partial charge in [0.25, 0.3) is 0 Å². The molecule has 9 heteroatoms. The van der Waals surface area contributed by atoms with Crippen molar-refractivity contribution in [2.24, 2.45) is 0 Å². The maximum atomic E-state index is 13.5. The summed E-state index contributed by atoms with van der Waals surface area (Å²) < 4.78 is 42.6. The number of hydrogen-bond donors (Lipinski definition) is 1. The Kier molecular flexibility index (Phi) is 6.40. The van der Waals surface area contributed by atoms with Crippen LogP contribution in [0.2, 0.25) is 0 Å². The zero-order valence-electron chi connectivity index (χ0n) is 13.3. The highest BCUT2D eigenvalue weighted by atomic mass is 32.2. The lowest BCUT2D eigenvalue weighted by Gasteiger charge is -2.04. The lowest BCUT2D eigenvalue weighted by atomic mass is 10.2. The molecule has 6 nitrogen and oxygen atoms in total. The Hall–Kier alpha value is -2.10. The summed E-state index contributed by atoms with van der Waals surface area (Å²) in [7, 11) is -3.25. The van der Waals surface area contributed by atoms with Gasteiger partial charge in [-0.25, -0.2) is 22.3 Å². The van der Waals surface area contributed by atoms with Gasteiger partial charge in [0.2, 0.25) is 15.8 Å². The number of esters is 1. The molecule has 0 fully saturated rings. The van der Waals surface area contributed by atoms with Gasteiger partial charge in [0.05, 0.1) is 16.7 Å². The molecule has 2 aromatic rings. The van der Waals surface area contributed by atoms with Crippen LogP contribution in [0.1, 0.15) is 24.9 Å². The number of thiophene rings is 1. The number of ether oxygens (including phenoxy) is 1. The molecule has 0 atom stereocenters. The molecule has 1 heterocycles. The van der Waals surface area contributed by atoms with Crippen molar-refractivity contribution in [2.45, 2.75) is 6.42 Å². The summed E-state index contributed by atoms with van der Waals surface area (Å²) in [6.07, 6.45) is 1.51. The fraction of sp³-hybridized carbons (Fsp3) is 0.250. The van der Waals surface area contributed by atoms with Crippen molar-refractivity contribution in [1.82, 2.24) is 4.72 Å². The molecule has 134 valence electrons. The van der Waals surface area contributed by atoms with E-state index in [1.54, 1.807) is 12.1 Å². The van der Waals surface area contributed by atoms with E-state index in [0.717, 1.165) is 17.2 Å². The Morgan fingerprint density at radius 3 is 2.60 bits per heavy atom. The summed E-state index contributed by atoms with van der Waals surface area (Å²) in [5.74, 6) is -2.02. The van der Waals surface area contributed by atoms with Gasteiger partial charge in [-0.1, -0.05) is 12.1 Å². The third kappa shape index (κ3) is 6.04. The highest BCUT2D eigenvalue weighted by molar-refractivity contribution is 7.88. The second kappa shape index (κ2) is 8.32. The van der Waals surface area contributed by atoms with Crippen LogP contribution in [0.15, 0.2) is 36.4 Å². The first-order valence-corrected chi connectivity index (χ1v) is 9.95. The van der Waals surface area contributed by atoms with Gasteiger partial charge in [0.1, 0.15) is 5.82 Å². The smallest absolute Gasteiger partial charge is 0.341 e. The highest BCUT2D eigenvalue weighted by Gasteiger charge is 2.16. The number of hydrogen-bond acceptors (Lipinski definition) is 6. The van der Waals surface area contributed by atoms with Gasteiger partial charge in [0, 0.05) is 11.4 Å². The molecule has 0 aliphatic heterocycles. The van der Waals surface area contributed by atoms with Gasteiger partial charge < -0.3 is 4.74 Å². The SMILES string of the molecule is CS(=O)(=O)NCCc1ccc(C(=O)COC(=O)c2ccccc2F)s1. The largest absolute Gasteiger partial charge is 0.454 e. The van der Waals surface area contributed by atoms with E-state index in [1.807, 2.05) is 0 Å². The maximum Gasteiger partial charge on any atom is 0.341 e. The molecule has 0 spiro atoms. The van der Waals surface area contributed by atoms with Crippen molar-refractivity contribution in [3.63, 3.8) is 0 Å². The molecule has 0 unspecified atom stereocenters. The van der Waals surface area contributed by atoms with E-state index in [4.69, 9.17) is 4.74 Å². The topological polar surface area (TPSA) is 89.5 Å². The van der Waals surface area contributed by atoms with Gasteiger partial charge in [-0.3, -0.25) is 4.79 Å². The van der Waals surface area contributed by atoms with E-state index < -0.39 is 34.2 Å². The number of ketones is 1. The van der Waals surface area contributed by atoms with Crippen molar-refractivity contribution in [3.05, 3.63) is 57.5 Å². The first-order valence-electron chi connectivity index (χ1n) is 7.24. The molecule has 0 aliphatic carbocycles. The first kappa shape index (κ1) is 19.2. The molecule has 2 rings (SSSR count). The van der Waals surface area contributed by atoms with E-state index in [-0.39, 0.29) is 12.1 Å². The Balaban J connectivity index is 1.87. The van der Waals surface area contributed by atoms with Crippen molar-refractivity contribution in [2.75, 3.05) is 19.4 Å². The molecule has 0 bridgehead atoms. The molecule has 1 aromatic carbocycles. The molecule has 25 heavy (non-hydrogen) atoms. The minimum Gasteiger partial charge on any atom is -0.454 e. The average Bonchev–Trinajstić information content (AvgIpc) is 3.00. The Morgan fingerprint density at radius 1 is 1.20 bits per heavy atom. The van der Waals surface area contributed by atoms with Crippen LogP contribution in [-0.4, -0.2) is 39.6 Å². The molecule has 0 saturated carbocycles. The van der Waals surface area contributed by atoms with Crippen LogP contribution in [0, 0.1) is 5.82 Å². The zero-order chi connectivity index (χ0) is 18.4. The van der Waals surface area contributed by atoms with Gasteiger partial charge in [-0.05, 0) is 30.7 Å². The molecule has 1 aromatic heterocycles. The van der Waals surface area contributed by atoms with Crippen molar-refractivity contribution >= 4 is 33.1 Å². The molecule has 0 radical (unpaired) electrons. The molecular formula is C16H16FNO5S2. The van der Waals surface area contributed by atoms with Crippen molar-refractivity contribution < 1.29 is 27.1 Å². The van der Waals surface area contributed by atoms with Crippen LogP contribution in [-0.2, 0) is 21.2 Å². The molecule has 0 saturated heterocycles. The fourth-order valence-corrected chi connectivity index (χ4v) is 3.33. The first-order chi connectivity index (χ1) is 11.8. The summed E-state index contributed by atoms with van der Waals surface area (Å²) in [4.78, 5) is 25.0. The lowest BCUT2D eigenvalue weighted by Crippen LogP contribution is -2.24. The fourth-order valence-electron chi connectivity index (χ4n) is 1.93. The van der Waals surface area contributed by atoms with Crippen LogP contribution in [0.3, 0.4) is 0 Å². The van der Waals surface area contributed by atoms with Gasteiger partial charge >= 0.3 is 5.97 Å². The number of benzene rings is 1. The summed E-state index contributed by atoms with van der Waals surface area (Å²) in [5.41, 5.74) is -0.228. The predicted octanol–water partition coefficient (Wildman–Crippen LogP) is 2.02. The monoisotopic (exact) mass is 385 g/mol. The van der Waals surface area contributed by atoms with E-state index >= 15 is 0 Å². The third-order valence-electron chi connectivity index (χ3n) is 3.10. The predicted molar refractivity (Wildman–Crippen MR) is 91.9 cm³/mol. The second-order valence-electron chi connectivity index (χ2n) is 5.16. The van der Waals surface area contributed by atoms with Gasteiger partial charge in [-0.15, -0.1) is 11.3 Å². The van der Waals surface area contributed by atoms with Crippen molar-refractivity contribution in [1.29, 1.82) is 0 Å². The zero-order valence-corrected chi connectivity index (χ0v) is 15.0. The normalized spacial score (nSPS) is 11.3. The highest BCUT2D eigenvalue weighted by Crippen LogP contribution is 2.18. The number of rotatable bonds is 8. The number of nitrogens with one attached hydrogen (secondary N) is 1. The van der Waals surface area contributed by atoms with E-state index in [1.165, 1.54) is 29.5 Å².